The summed E-state index contributed by atoms with van der Waals surface area (Å²) in [5.74, 6) is -0.275. The Labute approximate surface area is 164 Å². The van der Waals surface area contributed by atoms with Gasteiger partial charge in [0.1, 0.15) is 5.75 Å². The van der Waals surface area contributed by atoms with Gasteiger partial charge in [0.15, 0.2) is 12.3 Å². The number of ether oxygens (including phenoxy) is 1. The second kappa shape index (κ2) is 7.55. The van der Waals surface area contributed by atoms with Crippen LogP contribution in [0.5, 0.6) is 11.6 Å². The van der Waals surface area contributed by atoms with Crippen LogP contribution in [0.15, 0.2) is 55.6 Å². The van der Waals surface area contributed by atoms with Crippen molar-refractivity contribution in [1.29, 1.82) is 0 Å². The molecule has 0 radical (unpaired) electrons. The number of amides is 1. The van der Waals surface area contributed by atoms with Crippen LogP contribution in [0.3, 0.4) is 0 Å². The van der Waals surface area contributed by atoms with Crippen molar-refractivity contribution in [3.05, 3.63) is 50.4 Å². The lowest BCUT2D eigenvalue weighted by Crippen LogP contribution is -2.08. The Kier molecular flexibility index (Phi) is 5.41. The molecule has 1 aromatic heterocycles. The number of hydrogen-bond donors (Lipinski definition) is 2. The minimum absolute atomic E-state index is 0.132. The Hall–Kier alpha value is -1.90. The van der Waals surface area contributed by atoms with E-state index >= 15 is 0 Å². The number of rotatable bonds is 4. The average Bonchev–Trinajstić information content (AvgIpc) is 2.88. The quantitative estimate of drug-likeness (QED) is 0.460. The van der Waals surface area contributed by atoms with Crippen LogP contribution in [0, 0.1) is 0 Å². The second-order valence-corrected chi connectivity index (χ2v) is 7.09. The topological polar surface area (TPSA) is 87.0 Å². The lowest BCUT2D eigenvalue weighted by Gasteiger charge is -2.04. The second-order valence-electron chi connectivity index (χ2n) is 4.95. The molecular weight excluding hydrogens is 477 g/mol. The van der Waals surface area contributed by atoms with E-state index in [1.807, 2.05) is 6.07 Å². The molecule has 0 aliphatic rings. The highest BCUT2D eigenvalue weighted by Crippen LogP contribution is 2.40. The van der Waals surface area contributed by atoms with Crippen molar-refractivity contribution in [3.63, 3.8) is 0 Å². The lowest BCUT2D eigenvalue weighted by atomic mass is 10.2. The minimum Gasteiger partial charge on any atom is -0.493 e. The molecular formula is C16H10Br2ClN3O3. The molecule has 25 heavy (non-hydrogen) atoms. The van der Waals surface area contributed by atoms with Crippen LogP contribution in [-0.4, -0.2) is 22.6 Å². The van der Waals surface area contributed by atoms with E-state index in [9.17, 15) is 9.90 Å². The van der Waals surface area contributed by atoms with Crippen molar-refractivity contribution in [2.24, 2.45) is 10.2 Å². The summed E-state index contributed by atoms with van der Waals surface area (Å²) in [6.07, 6.45) is 0. The Morgan fingerprint density at radius 2 is 2.00 bits per heavy atom. The molecule has 1 amide bonds. The first-order chi connectivity index (χ1) is 12.0. The number of aromatic amines is 1. The number of aromatic nitrogens is 1. The molecule has 3 rings (SSSR count). The molecule has 6 nitrogen and oxygen atoms in total. The number of benzene rings is 2. The van der Waals surface area contributed by atoms with E-state index in [-0.39, 0.29) is 18.2 Å². The highest BCUT2D eigenvalue weighted by Gasteiger charge is 2.14. The summed E-state index contributed by atoms with van der Waals surface area (Å²) in [6, 6.07) is 10.4. The summed E-state index contributed by atoms with van der Waals surface area (Å²) in [6.45, 7) is -0.278. The molecule has 128 valence electrons. The SMILES string of the molecule is O=C(COc1ccccc1Br)N=Nc1c(O)[nH]c2c(Br)cc(Cl)cc12. The Bertz CT molecular complexity index is 988. The molecule has 0 aliphatic heterocycles. The standard InChI is InChI=1S/C16H10Br2ClN3O3/c17-10-3-1-2-4-12(10)25-7-13(23)21-22-15-9-5-8(19)6-11(18)14(9)20-16(15)24/h1-6,20,24H,7H2. The van der Waals surface area contributed by atoms with Gasteiger partial charge in [-0.05, 0) is 56.1 Å². The van der Waals surface area contributed by atoms with E-state index in [4.69, 9.17) is 16.3 Å². The summed E-state index contributed by atoms with van der Waals surface area (Å²) in [5.41, 5.74) is 0.736. The number of carbonyl (C=O) groups excluding carboxylic acids is 1. The van der Waals surface area contributed by atoms with Crippen molar-refractivity contribution in [2.75, 3.05) is 6.61 Å². The molecule has 0 atom stereocenters. The van der Waals surface area contributed by atoms with Crippen molar-refractivity contribution >= 4 is 66.0 Å². The van der Waals surface area contributed by atoms with Gasteiger partial charge in [0.2, 0.25) is 5.88 Å². The molecule has 0 spiro atoms. The molecule has 0 aliphatic carbocycles. The first kappa shape index (κ1) is 17.9. The van der Waals surface area contributed by atoms with Crippen molar-refractivity contribution in [1.82, 2.24) is 4.98 Å². The first-order valence-electron chi connectivity index (χ1n) is 6.97. The van der Waals surface area contributed by atoms with E-state index in [0.29, 0.717) is 26.1 Å². The molecule has 0 fully saturated rings. The molecule has 0 saturated carbocycles. The van der Waals surface area contributed by atoms with Crippen LogP contribution in [0.2, 0.25) is 5.02 Å². The van der Waals surface area contributed by atoms with Crippen LogP contribution < -0.4 is 4.74 Å². The fraction of sp³-hybridized carbons (Fsp3) is 0.0625. The van der Waals surface area contributed by atoms with E-state index < -0.39 is 5.91 Å². The Morgan fingerprint density at radius 3 is 2.76 bits per heavy atom. The van der Waals surface area contributed by atoms with Gasteiger partial charge in [0, 0.05) is 14.9 Å². The monoisotopic (exact) mass is 485 g/mol. The summed E-state index contributed by atoms with van der Waals surface area (Å²) in [4.78, 5) is 14.6. The first-order valence-corrected chi connectivity index (χ1v) is 8.93. The highest BCUT2D eigenvalue weighted by molar-refractivity contribution is 9.11. The zero-order valence-electron chi connectivity index (χ0n) is 12.5. The third-order valence-corrected chi connectivity index (χ3v) is 4.73. The van der Waals surface area contributed by atoms with Gasteiger partial charge in [-0.25, -0.2) is 0 Å². The van der Waals surface area contributed by atoms with Crippen molar-refractivity contribution < 1.29 is 14.6 Å². The number of hydrogen-bond acceptors (Lipinski definition) is 4. The molecule has 2 N–H and O–H groups in total. The number of nitrogens with zero attached hydrogens (tertiary/aromatic N) is 2. The maximum absolute atomic E-state index is 11.9. The predicted molar refractivity (Wildman–Crippen MR) is 102 cm³/mol. The normalized spacial score (nSPS) is 11.3. The molecule has 0 unspecified atom stereocenters. The number of carbonyl (C=O) groups is 1. The van der Waals surface area contributed by atoms with E-state index in [2.05, 4.69) is 47.1 Å². The van der Waals surface area contributed by atoms with Crippen molar-refractivity contribution in [3.8, 4) is 11.6 Å². The third kappa shape index (κ3) is 4.02. The van der Waals surface area contributed by atoms with Crippen LogP contribution in [-0.2, 0) is 4.79 Å². The van der Waals surface area contributed by atoms with Gasteiger partial charge in [0.05, 0.1) is 9.99 Å². The number of nitrogens with one attached hydrogen (secondary N) is 1. The van der Waals surface area contributed by atoms with Gasteiger partial charge < -0.3 is 14.8 Å². The largest absolute Gasteiger partial charge is 0.493 e. The maximum Gasteiger partial charge on any atom is 0.302 e. The summed E-state index contributed by atoms with van der Waals surface area (Å²) in [5, 5.41) is 18.4. The molecule has 9 heteroatoms. The fourth-order valence-corrected chi connectivity index (χ4v) is 3.44. The molecule has 2 aromatic carbocycles. The van der Waals surface area contributed by atoms with Gasteiger partial charge in [-0.3, -0.25) is 4.79 Å². The smallest absolute Gasteiger partial charge is 0.302 e. The summed E-state index contributed by atoms with van der Waals surface area (Å²) in [7, 11) is 0. The lowest BCUT2D eigenvalue weighted by molar-refractivity contribution is -0.120. The highest BCUT2D eigenvalue weighted by atomic mass is 79.9. The predicted octanol–water partition coefficient (Wildman–Crippen LogP) is 5.74. The number of aromatic hydroxyl groups is 1. The van der Waals surface area contributed by atoms with Crippen LogP contribution in [0.4, 0.5) is 5.69 Å². The fourth-order valence-electron chi connectivity index (χ4n) is 2.13. The summed E-state index contributed by atoms with van der Waals surface area (Å²) >= 11 is 12.7. The van der Waals surface area contributed by atoms with Gasteiger partial charge in [-0.15, -0.1) is 10.2 Å². The Balaban J connectivity index is 1.78. The van der Waals surface area contributed by atoms with Gasteiger partial charge >= 0.3 is 5.91 Å². The number of azo groups is 1. The van der Waals surface area contributed by atoms with Crippen LogP contribution in [0.25, 0.3) is 10.9 Å². The zero-order valence-corrected chi connectivity index (χ0v) is 16.4. The zero-order chi connectivity index (χ0) is 18.0. The number of H-pyrrole nitrogens is 1. The number of halogens is 3. The number of para-hydroxylation sites is 1. The van der Waals surface area contributed by atoms with Gasteiger partial charge in [-0.1, -0.05) is 23.7 Å². The van der Waals surface area contributed by atoms with E-state index in [0.717, 1.165) is 4.47 Å². The van der Waals surface area contributed by atoms with E-state index in [1.54, 1.807) is 30.3 Å². The summed E-state index contributed by atoms with van der Waals surface area (Å²) < 4.78 is 6.77. The van der Waals surface area contributed by atoms with Gasteiger partial charge in [-0.2, -0.15) is 0 Å². The van der Waals surface area contributed by atoms with Gasteiger partial charge in [0.25, 0.3) is 0 Å². The Morgan fingerprint density at radius 1 is 1.24 bits per heavy atom. The molecule has 0 bridgehead atoms. The molecule has 1 heterocycles. The third-order valence-electron chi connectivity index (χ3n) is 3.23. The van der Waals surface area contributed by atoms with E-state index in [1.165, 1.54) is 0 Å². The number of fused-ring (bicyclic) bond motifs is 1. The minimum atomic E-state index is -0.592. The molecule has 0 saturated heterocycles. The van der Waals surface area contributed by atoms with Crippen LogP contribution >= 0.6 is 43.5 Å². The maximum atomic E-state index is 11.9. The molecule has 3 aromatic rings. The van der Waals surface area contributed by atoms with Crippen LogP contribution in [0.1, 0.15) is 0 Å². The van der Waals surface area contributed by atoms with Crippen molar-refractivity contribution in [2.45, 2.75) is 0 Å². The average molecular weight is 488 g/mol.